The molecule has 20 heavy (non-hydrogen) atoms. The fourth-order valence-electron chi connectivity index (χ4n) is 1.60. The van der Waals surface area contributed by atoms with Crippen LogP contribution in [-0.2, 0) is 4.79 Å². The molecule has 0 saturated carbocycles. The lowest BCUT2D eigenvalue weighted by Gasteiger charge is -2.18. The van der Waals surface area contributed by atoms with Crippen LogP contribution in [0.5, 0.6) is 0 Å². The molecule has 1 aromatic rings. The highest BCUT2D eigenvalue weighted by atomic mass is 79.9. The highest BCUT2D eigenvalue weighted by Crippen LogP contribution is 2.19. The number of anilines is 1. The van der Waals surface area contributed by atoms with Gasteiger partial charge in [-0.2, -0.15) is 0 Å². The van der Waals surface area contributed by atoms with Gasteiger partial charge < -0.3 is 16.0 Å². The molecule has 0 unspecified atom stereocenters. The summed E-state index contributed by atoms with van der Waals surface area (Å²) in [6.45, 7) is 4.64. The van der Waals surface area contributed by atoms with E-state index in [-0.39, 0.29) is 18.4 Å². The minimum absolute atomic E-state index is 0.0149. The third kappa shape index (κ3) is 4.85. The number of nitrogens with zero attached hydrogens (tertiary/aromatic N) is 1. The van der Waals surface area contributed by atoms with Crippen molar-refractivity contribution < 1.29 is 9.59 Å². The highest BCUT2D eigenvalue weighted by molar-refractivity contribution is 9.10. The van der Waals surface area contributed by atoms with E-state index in [9.17, 15) is 9.59 Å². The molecule has 0 bridgehead atoms. The molecule has 2 amide bonds. The van der Waals surface area contributed by atoms with Crippen molar-refractivity contribution in [3.8, 4) is 0 Å². The first-order valence-corrected chi connectivity index (χ1v) is 7.17. The summed E-state index contributed by atoms with van der Waals surface area (Å²) in [5, 5.41) is 2.77. The standard InChI is InChI=1S/C14H20BrN3O2/c1-9(2)7-17-13(19)8-18(3)14(20)11-5-4-10(15)6-12(11)16/h4-6,9H,7-8,16H2,1-3H3,(H,17,19). The number of nitrogens with two attached hydrogens (primary N) is 1. The van der Waals surface area contributed by atoms with Gasteiger partial charge in [-0.1, -0.05) is 29.8 Å². The molecule has 0 aliphatic rings. The molecule has 0 heterocycles. The van der Waals surface area contributed by atoms with Crippen molar-refractivity contribution in [1.82, 2.24) is 10.2 Å². The van der Waals surface area contributed by atoms with Gasteiger partial charge in [-0.25, -0.2) is 0 Å². The molecule has 0 aliphatic carbocycles. The van der Waals surface area contributed by atoms with Crippen LogP contribution < -0.4 is 11.1 Å². The van der Waals surface area contributed by atoms with E-state index in [4.69, 9.17) is 5.73 Å². The maximum Gasteiger partial charge on any atom is 0.256 e. The third-order valence-electron chi connectivity index (χ3n) is 2.68. The summed E-state index contributed by atoms with van der Waals surface area (Å²) >= 11 is 3.29. The zero-order chi connectivity index (χ0) is 15.3. The lowest BCUT2D eigenvalue weighted by atomic mass is 10.1. The summed E-state index contributed by atoms with van der Waals surface area (Å²) in [7, 11) is 1.58. The summed E-state index contributed by atoms with van der Waals surface area (Å²) in [5.41, 5.74) is 6.59. The zero-order valence-electron chi connectivity index (χ0n) is 11.9. The number of carbonyl (C=O) groups excluding carboxylic acids is 2. The van der Waals surface area contributed by atoms with Gasteiger partial charge in [0.15, 0.2) is 0 Å². The number of likely N-dealkylation sites (N-methyl/N-ethyl adjacent to an activating group) is 1. The number of halogens is 1. The Kier molecular flexibility index (Phi) is 6.01. The fraction of sp³-hybridized carbons (Fsp3) is 0.429. The molecule has 0 aromatic heterocycles. The fourth-order valence-corrected chi connectivity index (χ4v) is 1.97. The van der Waals surface area contributed by atoms with Crippen molar-refractivity contribution >= 4 is 33.4 Å². The van der Waals surface area contributed by atoms with Crippen molar-refractivity contribution in [2.75, 3.05) is 25.9 Å². The van der Waals surface area contributed by atoms with Gasteiger partial charge >= 0.3 is 0 Å². The molecule has 0 fully saturated rings. The number of hydrogen-bond acceptors (Lipinski definition) is 3. The van der Waals surface area contributed by atoms with Crippen LogP contribution in [0, 0.1) is 5.92 Å². The van der Waals surface area contributed by atoms with Gasteiger partial charge in [-0.05, 0) is 24.1 Å². The first-order valence-electron chi connectivity index (χ1n) is 6.38. The minimum Gasteiger partial charge on any atom is -0.398 e. The maximum absolute atomic E-state index is 12.2. The summed E-state index contributed by atoms with van der Waals surface area (Å²) in [6, 6.07) is 5.06. The van der Waals surface area contributed by atoms with Gasteiger partial charge in [0.05, 0.1) is 12.1 Å². The average molecular weight is 342 g/mol. The number of hydrogen-bond donors (Lipinski definition) is 2. The van der Waals surface area contributed by atoms with E-state index < -0.39 is 0 Å². The number of benzene rings is 1. The monoisotopic (exact) mass is 341 g/mol. The Morgan fingerprint density at radius 1 is 1.40 bits per heavy atom. The van der Waals surface area contributed by atoms with Crippen molar-refractivity contribution in [3.63, 3.8) is 0 Å². The normalized spacial score (nSPS) is 10.4. The SMILES string of the molecule is CC(C)CNC(=O)CN(C)C(=O)c1ccc(Br)cc1N. The Balaban J connectivity index is 2.65. The second-order valence-electron chi connectivity index (χ2n) is 5.09. The third-order valence-corrected chi connectivity index (χ3v) is 3.17. The molecule has 0 aliphatic heterocycles. The van der Waals surface area contributed by atoms with E-state index in [0.717, 1.165) is 4.47 Å². The summed E-state index contributed by atoms with van der Waals surface area (Å²) < 4.78 is 0.809. The van der Waals surface area contributed by atoms with Crippen LogP contribution in [0.4, 0.5) is 5.69 Å². The largest absolute Gasteiger partial charge is 0.398 e. The first-order chi connectivity index (χ1) is 9.31. The average Bonchev–Trinajstić information content (AvgIpc) is 2.35. The molecule has 0 atom stereocenters. The van der Waals surface area contributed by atoms with Gasteiger partial charge in [-0.15, -0.1) is 0 Å². The predicted molar refractivity (Wildman–Crippen MR) is 83.4 cm³/mol. The highest BCUT2D eigenvalue weighted by Gasteiger charge is 2.17. The molecule has 3 N–H and O–H groups in total. The van der Waals surface area contributed by atoms with E-state index >= 15 is 0 Å². The van der Waals surface area contributed by atoms with Crippen LogP contribution in [0.2, 0.25) is 0 Å². The molecular formula is C14H20BrN3O2. The second kappa shape index (κ2) is 7.28. The lowest BCUT2D eigenvalue weighted by molar-refractivity contribution is -0.121. The molecular weight excluding hydrogens is 322 g/mol. The van der Waals surface area contributed by atoms with Crippen LogP contribution in [0.1, 0.15) is 24.2 Å². The Hall–Kier alpha value is -1.56. The Morgan fingerprint density at radius 3 is 2.60 bits per heavy atom. The van der Waals surface area contributed by atoms with E-state index in [2.05, 4.69) is 21.2 Å². The minimum atomic E-state index is -0.269. The number of rotatable bonds is 5. The van der Waals surface area contributed by atoms with Gasteiger partial charge in [0.1, 0.15) is 0 Å². The molecule has 110 valence electrons. The zero-order valence-corrected chi connectivity index (χ0v) is 13.5. The summed E-state index contributed by atoms with van der Waals surface area (Å²) in [4.78, 5) is 25.2. The second-order valence-corrected chi connectivity index (χ2v) is 6.01. The smallest absolute Gasteiger partial charge is 0.256 e. The number of nitrogen functional groups attached to an aromatic ring is 1. The van der Waals surface area contributed by atoms with Crippen molar-refractivity contribution in [2.24, 2.45) is 5.92 Å². The van der Waals surface area contributed by atoms with Crippen LogP contribution in [0.25, 0.3) is 0 Å². The van der Waals surface area contributed by atoms with Gasteiger partial charge in [0.25, 0.3) is 5.91 Å². The summed E-state index contributed by atoms with van der Waals surface area (Å²) in [5.74, 6) is -0.0676. The van der Waals surface area contributed by atoms with E-state index in [1.807, 2.05) is 13.8 Å². The van der Waals surface area contributed by atoms with Crippen molar-refractivity contribution in [3.05, 3.63) is 28.2 Å². The lowest BCUT2D eigenvalue weighted by Crippen LogP contribution is -2.39. The van der Waals surface area contributed by atoms with E-state index in [1.54, 1.807) is 25.2 Å². The quantitative estimate of drug-likeness (QED) is 0.803. The van der Waals surface area contributed by atoms with Gasteiger partial charge in [0.2, 0.25) is 5.91 Å². The molecule has 1 aromatic carbocycles. The number of nitrogens with one attached hydrogen (secondary N) is 1. The van der Waals surface area contributed by atoms with Crippen LogP contribution in [0.15, 0.2) is 22.7 Å². The molecule has 5 nitrogen and oxygen atoms in total. The Morgan fingerprint density at radius 2 is 2.05 bits per heavy atom. The molecule has 0 saturated heterocycles. The van der Waals surface area contributed by atoms with Crippen molar-refractivity contribution in [1.29, 1.82) is 0 Å². The van der Waals surface area contributed by atoms with Crippen LogP contribution in [0.3, 0.4) is 0 Å². The van der Waals surface area contributed by atoms with Crippen LogP contribution in [-0.4, -0.2) is 36.9 Å². The number of carbonyl (C=O) groups is 2. The van der Waals surface area contributed by atoms with Gasteiger partial charge in [0, 0.05) is 23.8 Å². The Bertz CT molecular complexity index is 503. The molecule has 6 heteroatoms. The van der Waals surface area contributed by atoms with Crippen LogP contribution >= 0.6 is 15.9 Å². The molecule has 0 radical (unpaired) electrons. The summed E-state index contributed by atoms with van der Waals surface area (Å²) in [6.07, 6.45) is 0. The predicted octanol–water partition coefficient (Wildman–Crippen LogP) is 1.88. The molecule has 0 spiro atoms. The Labute approximate surface area is 127 Å². The van der Waals surface area contributed by atoms with Gasteiger partial charge in [-0.3, -0.25) is 9.59 Å². The maximum atomic E-state index is 12.2. The van der Waals surface area contributed by atoms with E-state index in [1.165, 1.54) is 4.90 Å². The van der Waals surface area contributed by atoms with E-state index in [0.29, 0.717) is 23.7 Å². The van der Waals surface area contributed by atoms with Crippen molar-refractivity contribution in [2.45, 2.75) is 13.8 Å². The number of amides is 2. The topological polar surface area (TPSA) is 75.4 Å². The first kappa shape index (κ1) is 16.5. The molecule has 1 rings (SSSR count).